The Labute approximate surface area is 146 Å². The Morgan fingerprint density at radius 3 is 2.71 bits per heavy atom. The zero-order valence-corrected chi connectivity index (χ0v) is 14.3. The zero-order valence-electron chi connectivity index (χ0n) is 13.6. The Balaban J connectivity index is 1.73. The molecule has 1 N–H and O–H groups in total. The second-order valence-electron chi connectivity index (χ2n) is 6.24. The van der Waals surface area contributed by atoms with E-state index in [4.69, 9.17) is 11.6 Å². The van der Waals surface area contributed by atoms with Crippen molar-refractivity contribution in [2.24, 2.45) is 0 Å². The highest BCUT2D eigenvalue weighted by Crippen LogP contribution is 2.36. The molecular weight excluding hydrogens is 320 g/mol. The highest BCUT2D eigenvalue weighted by molar-refractivity contribution is 6.30. The predicted molar refractivity (Wildman–Crippen MR) is 97.5 cm³/mol. The summed E-state index contributed by atoms with van der Waals surface area (Å²) in [5.74, 6) is 0.0721. The Morgan fingerprint density at radius 2 is 1.96 bits per heavy atom. The number of carbonyl (C=O) groups excluding carboxylic acids is 1. The van der Waals surface area contributed by atoms with Gasteiger partial charge in [-0.25, -0.2) is 0 Å². The van der Waals surface area contributed by atoms with Gasteiger partial charge in [0.2, 0.25) is 0 Å². The maximum atomic E-state index is 13.0. The van der Waals surface area contributed by atoms with Crippen molar-refractivity contribution >= 4 is 28.4 Å². The molecule has 2 aromatic carbocycles. The van der Waals surface area contributed by atoms with Crippen LogP contribution < -0.4 is 0 Å². The van der Waals surface area contributed by atoms with E-state index in [1.54, 1.807) is 24.3 Å². The number of amides is 1. The number of hydrogen-bond donors (Lipinski definition) is 1. The molecule has 0 aliphatic carbocycles. The normalized spacial score (nSPS) is 17.1. The van der Waals surface area contributed by atoms with Gasteiger partial charge in [0.25, 0.3) is 5.91 Å². The second-order valence-corrected chi connectivity index (χ2v) is 6.68. The van der Waals surface area contributed by atoms with Gasteiger partial charge in [0.05, 0.1) is 6.04 Å². The number of para-hydroxylation sites is 1. The van der Waals surface area contributed by atoms with Crippen molar-refractivity contribution in [3.63, 3.8) is 0 Å². The molecule has 3 nitrogen and oxygen atoms in total. The standard InChI is InChI=1S/C20H19ClN2O/c1-2-18-19-16(15-5-3-4-6-17(15)22-19)11-12-23(18)20(24)13-7-9-14(21)10-8-13/h3-10,18,22H,2,11-12H2,1H3/t18-/m1/s1. The van der Waals surface area contributed by atoms with Gasteiger partial charge in [0.15, 0.2) is 0 Å². The number of aromatic nitrogens is 1. The molecule has 0 fully saturated rings. The zero-order chi connectivity index (χ0) is 16.7. The highest BCUT2D eigenvalue weighted by atomic mass is 35.5. The van der Waals surface area contributed by atoms with Crippen molar-refractivity contribution in [1.82, 2.24) is 9.88 Å². The van der Waals surface area contributed by atoms with Crippen LogP contribution in [0.1, 0.15) is 41.0 Å². The first-order valence-corrected chi connectivity index (χ1v) is 8.73. The number of hydrogen-bond acceptors (Lipinski definition) is 1. The molecule has 0 saturated heterocycles. The lowest BCUT2D eigenvalue weighted by molar-refractivity contribution is 0.0652. The van der Waals surface area contributed by atoms with Crippen LogP contribution in [0, 0.1) is 0 Å². The summed E-state index contributed by atoms with van der Waals surface area (Å²) in [4.78, 5) is 18.5. The fourth-order valence-corrected chi connectivity index (χ4v) is 3.87. The van der Waals surface area contributed by atoms with Gasteiger partial charge in [-0.05, 0) is 48.7 Å². The summed E-state index contributed by atoms with van der Waals surface area (Å²) < 4.78 is 0. The van der Waals surface area contributed by atoms with Crippen molar-refractivity contribution in [1.29, 1.82) is 0 Å². The lowest BCUT2D eigenvalue weighted by Crippen LogP contribution is -2.39. The van der Waals surface area contributed by atoms with Gasteiger partial charge in [-0.2, -0.15) is 0 Å². The summed E-state index contributed by atoms with van der Waals surface area (Å²) in [6.07, 6.45) is 1.77. The van der Waals surface area contributed by atoms with Crippen LogP contribution in [-0.2, 0) is 6.42 Å². The van der Waals surface area contributed by atoms with Gasteiger partial charge in [0, 0.05) is 33.7 Å². The smallest absolute Gasteiger partial charge is 0.254 e. The van der Waals surface area contributed by atoms with Crippen molar-refractivity contribution in [3.8, 4) is 0 Å². The number of nitrogens with zero attached hydrogens (tertiary/aromatic N) is 1. The Hall–Kier alpha value is -2.26. The van der Waals surface area contributed by atoms with E-state index >= 15 is 0 Å². The monoisotopic (exact) mass is 338 g/mol. The maximum absolute atomic E-state index is 13.0. The first-order chi connectivity index (χ1) is 11.7. The molecule has 24 heavy (non-hydrogen) atoms. The largest absolute Gasteiger partial charge is 0.356 e. The molecule has 1 aromatic heterocycles. The van der Waals surface area contributed by atoms with Crippen LogP contribution in [0.2, 0.25) is 5.02 Å². The fraction of sp³-hybridized carbons (Fsp3) is 0.250. The molecule has 0 spiro atoms. The van der Waals surface area contributed by atoms with E-state index in [2.05, 4.69) is 30.1 Å². The third kappa shape index (κ3) is 2.40. The number of benzene rings is 2. The average Bonchev–Trinajstić information content (AvgIpc) is 2.99. The summed E-state index contributed by atoms with van der Waals surface area (Å²) >= 11 is 5.94. The Morgan fingerprint density at radius 1 is 1.21 bits per heavy atom. The number of rotatable bonds is 2. The number of H-pyrrole nitrogens is 1. The highest BCUT2D eigenvalue weighted by Gasteiger charge is 2.32. The minimum absolute atomic E-state index is 0.0721. The third-order valence-electron chi connectivity index (χ3n) is 4.90. The molecule has 2 heterocycles. The summed E-state index contributed by atoms with van der Waals surface area (Å²) in [5, 5.41) is 1.93. The third-order valence-corrected chi connectivity index (χ3v) is 5.15. The number of nitrogens with one attached hydrogen (secondary N) is 1. The molecule has 122 valence electrons. The molecular formula is C20H19ClN2O. The predicted octanol–water partition coefficient (Wildman–Crippen LogP) is 4.97. The molecule has 3 aromatic rings. The van der Waals surface area contributed by atoms with Crippen LogP contribution in [0.3, 0.4) is 0 Å². The minimum atomic E-state index is 0.0721. The minimum Gasteiger partial charge on any atom is -0.356 e. The van der Waals surface area contributed by atoms with Gasteiger partial charge < -0.3 is 9.88 Å². The van der Waals surface area contributed by atoms with E-state index in [-0.39, 0.29) is 11.9 Å². The van der Waals surface area contributed by atoms with Crippen LogP contribution >= 0.6 is 11.6 Å². The first-order valence-electron chi connectivity index (χ1n) is 8.35. The molecule has 0 unspecified atom stereocenters. The molecule has 1 aliphatic heterocycles. The molecule has 0 radical (unpaired) electrons. The molecule has 4 heteroatoms. The van der Waals surface area contributed by atoms with Crippen LogP contribution in [-0.4, -0.2) is 22.3 Å². The van der Waals surface area contributed by atoms with Gasteiger partial charge in [-0.3, -0.25) is 4.79 Å². The maximum Gasteiger partial charge on any atom is 0.254 e. The van der Waals surface area contributed by atoms with Crippen molar-refractivity contribution in [2.75, 3.05) is 6.54 Å². The first kappa shape index (κ1) is 15.3. The van der Waals surface area contributed by atoms with Gasteiger partial charge in [0.1, 0.15) is 0 Å². The van der Waals surface area contributed by atoms with Gasteiger partial charge >= 0.3 is 0 Å². The van der Waals surface area contributed by atoms with E-state index in [1.807, 2.05) is 11.0 Å². The van der Waals surface area contributed by atoms with E-state index in [1.165, 1.54) is 16.6 Å². The Kier molecular flexibility index (Phi) is 3.81. The fourth-order valence-electron chi connectivity index (χ4n) is 3.74. The summed E-state index contributed by atoms with van der Waals surface area (Å²) in [7, 11) is 0. The number of aromatic amines is 1. The van der Waals surface area contributed by atoms with Crippen molar-refractivity contribution in [3.05, 3.63) is 70.4 Å². The summed E-state index contributed by atoms with van der Waals surface area (Å²) in [6, 6.07) is 15.6. The summed E-state index contributed by atoms with van der Waals surface area (Å²) in [6.45, 7) is 2.88. The number of fused-ring (bicyclic) bond motifs is 3. The number of halogens is 1. The topological polar surface area (TPSA) is 36.1 Å². The SMILES string of the molecule is CC[C@@H]1c2[nH]c3ccccc3c2CCN1C(=O)c1ccc(Cl)cc1. The van der Waals surface area contributed by atoms with E-state index < -0.39 is 0 Å². The van der Waals surface area contributed by atoms with Crippen LogP contribution in [0.15, 0.2) is 48.5 Å². The van der Waals surface area contributed by atoms with Crippen molar-refractivity contribution in [2.45, 2.75) is 25.8 Å². The summed E-state index contributed by atoms with van der Waals surface area (Å²) in [5.41, 5.74) is 4.39. The Bertz CT molecular complexity index is 898. The number of carbonyl (C=O) groups is 1. The second kappa shape index (κ2) is 5.99. The molecule has 1 amide bonds. The van der Waals surface area contributed by atoms with Gasteiger partial charge in [-0.1, -0.05) is 36.7 Å². The van der Waals surface area contributed by atoms with Crippen LogP contribution in [0.4, 0.5) is 0 Å². The molecule has 1 aliphatic rings. The lowest BCUT2D eigenvalue weighted by Gasteiger charge is -2.35. The molecule has 1 atom stereocenters. The molecule has 0 saturated carbocycles. The quantitative estimate of drug-likeness (QED) is 0.703. The van der Waals surface area contributed by atoms with Crippen LogP contribution in [0.5, 0.6) is 0 Å². The van der Waals surface area contributed by atoms with Crippen LogP contribution in [0.25, 0.3) is 10.9 Å². The van der Waals surface area contributed by atoms with E-state index in [0.717, 1.165) is 24.9 Å². The lowest BCUT2D eigenvalue weighted by atomic mass is 9.95. The average molecular weight is 339 g/mol. The molecule has 0 bridgehead atoms. The van der Waals surface area contributed by atoms with Crippen molar-refractivity contribution < 1.29 is 4.79 Å². The van der Waals surface area contributed by atoms with Gasteiger partial charge in [-0.15, -0.1) is 0 Å². The van der Waals surface area contributed by atoms with E-state index in [0.29, 0.717) is 10.6 Å². The molecule has 4 rings (SSSR count). The van der Waals surface area contributed by atoms with E-state index in [9.17, 15) is 4.79 Å².